The molecule has 0 radical (unpaired) electrons. The fraction of sp³-hybridized carbons (Fsp3) is 0.100. The van der Waals surface area contributed by atoms with E-state index in [1.807, 2.05) is 0 Å². The maximum absolute atomic E-state index is 11.5. The van der Waals surface area contributed by atoms with Gasteiger partial charge in [-0.15, -0.1) is 12.4 Å². The number of rotatable bonds is 2. The number of halogens is 2. The summed E-state index contributed by atoms with van der Waals surface area (Å²) < 4.78 is 0.221. The zero-order chi connectivity index (χ0) is 13.2. The number of carbonyl (C=O) groups is 2. The lowest BCUT2D eigenvalue weighted by Crippen LogP contribution is -2.35. The standard InChI is InChI=1S/C10H10BrN3O3.ClH/c1-4(15)6-2-5(3-7(11)8(6)16)9(17)14-10(12)13;/h2-3,16H,1H3,(H4,12,13,14,17);1H. The summed E-state index contributed by atoms with van der Waals surface area (Å²) >= 11 is 3.03. The third kappa shape index (κ3) is 3.71. The SMILES string of the molecule is CC(=O)c1cc(C(=O)NC(=N)N)cc(Br)c1O.Cl. The molecule has 1 rings (SSSR count). The number of hydrogen-bond donors (Lipinski definition) is 4. The summed E-state index contributed by atoms with van der Waals surface area (Å²) in [7, 11) is 0. The normalized spacial score (nSPS) is 9.22. The summed E-state index contributed by atoms with van der Waals surface area (Å²) in [6, 6.07) is 2.57. The van der Waals surface area contributed by atoms with E-state index in [1.54, 1.807) is 0 Å². The van der Waals surface area contributed by atoms with Gasteiger partial charge in [0.05, 0.1) is 10.0 Å². The van der Waals surface area contributed by atoms with E-state index in [4.69, 9.17) is 11.1 Å². The van der Waals surface area contributed by atoms with E-state index in [2.05, 4.69) is 21.2 Å². The third-order valence-electron chi connectivity index (χ3n) is 1.95. The Labute approximate surface area is 118 Å². The van der Waals surface area contributed by atoms with Gasteiger partial charge in [-0.25, -0.2) is 0 Å². The van der Waals surface area contributed by atoms with E-state index in [0.29, 0.717) is 0 Å². The second-order valence-electron chi connectivity index (χ2n) is 3.28. The fourth-order valence-electron chi connectivity index (χ4n) is 1.19. The Morgan fingerprint density at radius 2 is 2.00 bits per heavy atom. The van der Waals surface area contributed by atoms with Crippen LogP contribution in [-0.4, -0.2) is 22.8 Å². The fourth-order valence-corrected chi connectivity index (χ4v) is 1.65. The highest BCUT2D eigenvalue weighted by molar-refractivity contribution is 9.10. The van der Waals surface area contributed by atoms with E-state index >= 15 is 0 Å². The number of nitrogens with two attached hydrogens (primary N) is 1. The molecule has 0 aromatic heterocycles. The number of aromatic hydroxyl groups is 1. The number of Topliss-reactive ketones (excluding diaryl/α,β-unsaturated/α-hetero) is 1. The monoisotopic (exact) mass is 335 g/mol. The van der Waals surface area contributed by atoms with Gasteiger partial charge in [0.25, 0.3) is 5.91 Å². The molecule has 1 aromatic rings. The number of phenols is 1. The molecule has 0 aliphatic heterocycles. The predicted octanol–water partition coefficient (Wildman–Crippen LogP) is 1.40. The first kappa shape index (κ1) is 16.4. The molecule has 98 valence electrons. The quantitative estimate of drug-likeness (QED) is 0.371. The van der Waals surface area contributed by atoms with Crippen LogP contribution in [-0.2, 0) is 0 Å². The van der Waals surface area contributed by atoms with Crippen molar-refractivity contribution in [2.75, 3.05) is 0 Å². The average Bonchev–Trinajstić information content (AvgIpc) is 2.20. The van der Waals surface area contributed by atoms with Gasteiger partial charge in [0, 0.05) is 5.56 Å². The maximum atomic E-state index is 11.5. The summed E-state index contributed by atoms with van der Waals surface area (Å²) in [4.78, 5) is 22.8. The first-order valence-corrected chi connectivity index (χ1v) is 5.31. The molecule has 1 aromatic carbocycles. The van der Waals surface area contributed by atoms with Crippen LogP contribution >= 0.6 is 28.3 Å². The third-order valence-corrected chi connectivity index (χ3v) is 2.56. The summed E-state index contributed by atoms with van der Waals surface area (Å²) in [5, 5.41) is 18.6. The highest BCUT2D eigenvalue weighted by atomic mass is 79.9. The van der Waals surface area contributed by atoms with Crippen molar-refractivity contribution in [3.05, 3.63) is 27.7 Å². The average molecular weight is 337 g/mol. The van der Waals surface area contributed by atoms with Gasteiger partial charge in [0.15, 0.2) is 11.7 Å². The van der Waals surface area contributed by atoms with Gasteiger partial charge in [0.2, 0.25) is 0 Å². The van der Waals surface area contributed by atoms with Gasteiger partial charge < -0.3 is 10.8 Å². The van der Waals surface area contributed by atoms with Crippen molar-refractivity contribution in [3.63, 3.8) is 0 Å². The lowest BCUT2D eigenvalue weighted by molar-refractivity contribution is 0.0976. The molecule has 5 N–H and O–H groups in total. The molecule has 0 unspecified atom stereocenters. The molecule has 0 aliphatic rings. The molecule has 0 bridgehead atoms. The summed E-state index contributed by atoms with van der Waals surface area (Å²) in [5.74, 6) is -1.72. The minimum Gasteiger partial charge on any atom is -0.506 e. The Hall–Kier alpha value is -1.60. The van der Waals surface area contributed by atoms with Crippen molar-refractivity contribution < 1.29 is 14.7 Å². The molecule has 0 fully saturated rings. The lowest BCUT2D eigenvalue weighted by Gasteiger charge is -2.07. The van der Waals surface area contributed by atoms with Crippen LogP contribution in [0.4, 0.5) is 0 Å². The molecule has 8 heteroatoms. The number of amides is 1. The van der Waals surface area contributed by atoms with E-state index in [0.717, 1.165) is 0 Å². The Bertz CT molecular complexity index is 519. The second-order valence-corrected chi connectivity index (χ2v) is 4.13. The molecular weight excluding hydrogens is 325 g/mol. The number of ketones is 1. The number of benzene rings is 1. The van der Waals surface area contributed by atoms with Crippen molar-refractivity contribution in [3.8, 4) is 5.75 Å². The van der Waals surface area contributed by atoms with Crippen LogP contribution in [0.5, 0.6) is 5.75 Å². The van der Waals surface area contributed by atoms with Crippen LogP contribution < -0.4 is 11.1 Å². The number of nitrogens with one attached hydrogen (secondary N) is 2. The van der Waals surface area contributed by atoms with Crippen LogP contribution in [0, 0.1) is 5.41 Å². The molecule has 1 amide bonds. The van der Waals surface area contributed by atoms with E-state index in [-0.39, 0.29) is 39.5 Å². The van der Waals surface area contributed by atoms with Gasteiger partial charge in [-0.05, 0) is 35.0 Å². The van der Waals surface area contributed by atoms with Crippen LogP contribution in [0.25, 0.3) is 0 Å². The van der Waals surface area contributed by atoms with Crippen LogP contribution in [0.1, 0.15) is 27.6 Å². The Morgan fingerprint density at radius 3 is 2.44 bits per heavy atom. The Kier molecular flexibility index (Phi) is 5.80. The maximum Gasteiger partial charge on any atom is 0.258 e. The number of hydrogen-bond acceptors (Lipinski definition) is 4. The molecule has 0 atom stereocenters. The number of guanidine groups is 1. The summed E-state index contributed by atoms with van der Waals surface area (Å²) in [6.45, 7) is 1.27. The van der Waals surface area contributed by atoms with Crippen molar-refractivity contribution in [1.29, 1.82) is 5.41 Å². The molecule has 18 heavy (non-hydrogen) atoms. The molecule has 0 saturated carbocycles. The van der Waals surface area contributed by atoms with Gasteiger partial charge >= 0.3 is 0 Å². The van der Waals surface area contributed by atoms with Gasteiger partial charge in [-0.3, -0.25) is 20.3 Å². The predicted molar refractivity (Wildman–Crippen MR) is 72.4 cm³/mol. The van der Waals surface area contributed by atoms with E-state index in [9.17, 15) is 14.7 Å². The summed E-state index contributed by atoms with van der Waals surface area (Å²) in [5.41, 5.74) is 5.16. The Morgan fingerprint density at radius 1 is 1.44 bits per heavy atom. The van der Waals surface area contributed by atoms with Crippen molar-refractivity contribution in [2.45, 2.75) is 6.92 Å². The first-order chi connectivity index (χ1) is 7.82. The van der Waals surface area contributed by atoms with Crippen molar-refractivity contribution in [1.82, 2.24) is 5.32 Å². The van der Waals surface area contributed by atoms with Gasteiger partial charge in [0.1, 0.15) is 5.75 Å². The van der Waals surface area contributed by atoms with Crippen molar-refractivity contribution >= 4 is 46.0 Å². The highest BCUT2D eigenvalue weighted by Crippen LogP contribution is 2.29. The summed E-state index contributed by atoms with van der Waals surface area (Å²) in [6.07, 6.45) is 0. The molecule has 0 heterocycles. The zero-order valence-corrected chi connectivity index (χ0v) is 11.7. The molecule has 6 nitrogen and oxygen atoms in total. The van der Waals surface area contributed by atoms with E-state index < -0.39 is 11.9 Å². The minimum absolute atomic E-state index is 0. The number of phenolic OH excluding ortho intramolecular Hbond substituents is 1. The molecule has 0 aliphatic carbocycles. The molecule has 0 saturated heterocycles. The zero-order valence-electron chi connectivity index (χ0n) is 9.28. The van der Waals surface area contributed by atoms with Crippen LogP contribution in [0.15, 0.2) is 16.6 Å². The topological polar surface area (TPSA) is 116 Å². The van der Waals surface area contributed by atoms with Crippen LogP contribution in [0.2, 0.25) is 0 Å². The number of carbonyl (C=O) groups excluding carboxylic acids is 2. The minimum atomic E-state index is -0.624. The largest absolute Gasteiger partial charge is 0.506 e. The van der Waals surface area contributed by atoms with Crippen molar-refractivity contribution in [2.24, 2.45) is 5.73 Å². The lowest BCUT2D eigenvalue weighted by atomic mass is 10.1. The molecule has 0 spiro atoms. The van der Waals surface area contributed by atoms with Gasteiger partial charge in [-0.1, -0.05) is 0 Å². The van der Waals surface area contributed by atoms with Gasteiger partial charge in [-0.2, -0.15) is 0 Å². The smallest absolute Gasteiger partial charge is 0.258 e. The first-order valence-electron chi connectivity index (χ1n) is 4.51. The second kappa shape index (κ2) is 6.36. The molecular formula is C10H11BrClN3O3. The highest BCUT2D eigenvalue weighted by Gasteiger charge is 2.15. The Balaban J connectivity index is 0.00000289. The van der Waals surface area contributed by atoms with E-state index in [1.165, 1.54) is 19.1 Å². The van der Waals surface area contributed by atoms with Crippen LogP contribution in [0.3, 0.4) is 0 Å².